The topological polar surface area (TPSA) is 86.3 Å². The second kappa shape index (κ2) is 10.3. The van der Waals surface area contributed by atoms with Crippen molar-refractivity contribution in [2.75, 3.05) is 26.9 Å². The van der Waals surface area contributed by atoms with Crippen molar-refractivity contribution in [1.82, 2.24) is 5.48 Å². The third kappa shape index (κ3) is 6.23. The Morgan fingerprint density at radius 1 is 1.30 bits per heavy atom. The highest BCUT2D eigenvalue weighted by Crippen LogP contribution is 2.24. The number of allylic oxidation sites excluding steroid dienone is 1. The molecule has 0 amide bonds. The molecule has 0 aromatic heterocycles. The number of unbranched alkanes of at least 4 members (excludes halogenated alkanes) is 1. The van der Waals surface area contributed by atoms with Gasteiger partial charge in [-0.05, 0) is 49.6 Å². The van der Waals surface area contributed by atoms with E-state index in [1.165, 1.54) is 6.92 Å². The summed E-state index contributed by atoms with van der Waals surface area (Å²) in [5, 5.41) is 9.05. The Labute approximate surface area is 160 Å². The highest BCUT2D eigenvalue weighted by molar-refractivity contribution is 5.75. The van der Waals surface area contributed by atoms with Gasteiger partial charge in [0.2, 0.25) is 0 Å². The summed E-state index contributed by atoms with van der Waals surface area (Å²) in [5.74, 6) is -1.56. The van der Waals surface area contributed by atoms with Crippen LogP contribution in [0.3, 0.4) is 0 Å². The largest absolute Gasteiger partial charge is 0.497 e. The molecule has 1 fully saturated rings. The molecule has 0 saturated carbocycles. The Hall–Kier alpha value is -2.09. The van der Waals surface area contributed by atoms with E-state index in [1.54, 1.807) is 7.11 Å². The average Bonchev–Trinajstić information content (AvgIpc) is 2.69. The van der Waals surface area contributed by atoms with Gasteiger partial charge in [-0.15, -0.1) is 0 Å². The maximum Gasteiger partial charge on any atom is 0.364 e. The van der Waals surface area contributed by atoms with Gasteiger partial charge in [-0.3, -0.25) is 10.3 Å². The Kier molecular flexibility index (Phi) is 8.09. The number of carboxylic acids is 1. The normalized spacial score (nSPS) is 23.1. The van der Waals surface area contributed by atoms with Crippen molar-refractivity contribution in [3.63, 3.8) is 0 Å². The zero-order valence-corrected chi connectivity index (χ0v) is 16.2. The molecule has 1 aliphatic heterocycles. The predicted molar refractivity (Wildman–Crippen MR) is 101 cm³/mol. The lowest BCUT2D eigenvalue weighted by atomic mass is 10.0. The Bertz CT molecular complexity index is 620. The number of benzene rings is 1. The SMILES string of the molecule is CC=C(NOCCCCC1COC(C)(C(=O)O)OC1)c1ccc(OC)cc1. The summed E-state index contributed by atoms with van der Waals surface area (Å²) in [7, 11) is 1.64. The van der Waals surface area contributed by atoms with Crippen LogP contribution in [0.4, 0.5) is 0 Å². The minimum atomic E-state index is -1.51. The van der Waals surface area contributed by atoms with Gasteiger partial charge in [0, 0.05) is 12.8 Å². The Morgan fingerprint density at radius 2 is 1.96 bits per heavy atom. The molecule has 0 bridgehead atoms. The first kappa shape index (κ1) is 21.2. The summed E-state index contributed by atoms with van der Waals surface area (Å²) < 4.78 is 15.9. The maximum atomic E-state index is 11.0. The van der Waals surface area contributed by atoms with Gasteiger partial charge < -0.3 is 19.3 Å². The molecule has 27 heavy (non-hydrogen) atoms. The van der Waals surface area contributed by atoms with Gasteiger partial charge in [-0.25, -0.2) is 4.79 Å². The lowest BCUT2D eigenvalue weighted by Crippen LogP contribution is -2.47. The molecule has 2 rings (SSSR count). The van der Waals surface area contributed by atoms with Gasteiger partial charge in [0.1, 0.15) is 5.75 Å². The van der Waals surface area contributed by atoms with Crippen LogP contribution in [-0.2, 0) is 19.1 Å². The van der Waals surface area contributed by atoms with Crippen LogP contribution in [0.1, 0.15) is 38.7 Å². The molecule has 1 heterocycles. The van der Waals surface area contributed by atoms with E-state index in [0.717, 1.165) is 36.3 Å². The number of hydrogen-bond donors (Lipinski definition) is 2. The summed E-state index contributed by atoms with van der Waals surface area (Å²) in [5.41, 5.74) is 4.92. The summed E-state index contributed by atoms with van der Waals surface area (Å²) in [4.78, 5) is 16.6. The number of hydroxylamine groups is 1. The maximum absolute atomic E-state index is 11.0. The molecular formula is C20H29NO6. The van der Waals surface area contributed by atoms with Crippen molar-refractivity contribution in [2.24, 2.45) is 5.92 Å². The second-order valence-corrected chi connectivity index (χ2v) is 6.62. The van der Waals surface area contributed by atoms with E-state index in [1.807, 2.05) is 37.3 Å². The zero-order valence-electron chi connectivity index (χ0n) is 16.2. The fraction of sp³-hybridized carbons (Fsp3) is 0.550. The number of nitrogens with one attached hydrogen (secondary N) is 1. The number of carboxylic acid groups (broad SMARTS) is 1. The Balaban J connectivity index is 1.61. The first-order chi connectivity index (χ1) is 13.0. The lowest BCUT2D eigenvalue weighted by molar-refractivity contribution is -0.271. The summed E-state index contributed by atoms with van der Waals surface area (Å²) in [6.07, 6.45) is 4.71. The number of carbonyl (C=O) groups is 1. The molecule has 2 N–H and O–H groups in total. The van der Waals surface area contributed by atoms with Gasteiger partial charge in [-0.1, -0.05) is 12.5 Å². The molecular weight excluding hydrogens is 350 g/mol. The number of rotatable bonds is 10. The molecule has 7 nitrogen and oxygen atoms in total. The Morgan fingerprint density at radius 3 is 2.52 bits per heavy atom. The van der Waals surface area contributed by atoms with E-state index >= 15 is 0 Å². The molecule has 7 heteroatoms. The molecule has 0 radical (unpaired) electrons. The number of hydrogen-bond acceptors (Lipinski definition) is 6. The summed E-state index contributed by atoms with van der Waals surface area (Å²) in [6, 6.07) is 7.76. The summed E-state index contributed by atoms with van der Waals surface area (Å²) >= 11 is 0. The second-order valence-electron chi connectivity index (χ2n) is 6.62. The first-order valence-corrected chi connectivity index (χ1v) is 9.18. The van der Waals surface area contributed by atoms with Crippen LogP contribution >= 0.6 is 0 Å². The highest BCUT2D eigenvalue weighted by Gasteiger charge is 2.40. The van der Waals surface area contributed by atoms with Crippen molar-refractivity contribution in [3.8, 4) is 5.75 Å². The fourth-order valence-corrected chi connectivity index (χ4v) is 2.72. The fourth-order valence-electron chi connectivity index (χ4n) is 2.72. The van der Waals surface area contributed by atoms with E-state index in [9.17, 15) is 4.79 Å². The first-order valence-electron chi connectivity index (χ1n) is 9.18. The van der Waals surface area contributed by atoms with E-state index in [4.69, 9.17) is 24.2 Å². The van der Waals surface area contributed by atoms with Crippen LogP contribution in [-0.4, -0.2) is 43.8 Å². The average molecular weight is 379 g/mol. The number of aliphatic carboxylic acids is 1. The van der Waals surface area contributed by atoms with E-state index in [-0.39, 0.29) is 5.92 Å². The lowest BCUT2D eigenvalue weighted by Gasteiger charge is -2.34. The minimum absolute atomic E-state index is 0.218. The van der Waals surface area contributed by atoms with E-state index in [2.05, 4.69) is 5.48 Å². The van der Waals surface area contributed by atoms with Crippen LogP contribution in [0.5, 0.6) is 5.75 Å². The molecule has 0 atom stereocenters. The number of ether oxygens (including phenoxy) is 3. The molecule has 150 valence electrons. The summed E-state index contributed by atoms with van der Waals surface area (Å²) in [6.45, 7) is 4.77. The van der Waals surface area contributed by atoms with Gasteiger partial charge in [0.15, 0.2) is 0 Å². The standard InChI is InChI=1S/C20H29NO6/c1-4-18(16-8-10-17(24-3)11-9-16)21-27-12-6-5-7-15-13-25-20(2,19(22)23)26-14-15/h4,8-11,15,21H,5-7,12-14H2,1-3H3,(H,22,23). The van der Waals surface area contributed by atoms with E-state index in [0.29, 0.717) is 19.8 Å². The third-order valence-electron chi connectivity index (χ3n) is 4.56. The van der Waals surface area contributed by atoms with E-state index < -0.39 is 11.8 Å². The van der Waals surface area contributed by atoms with Crippen LogP contribution in [0.2, 0.25) is 0 Å². The highest BCUT2D eigenvalue weighted by atomic mass is 16.7. The molecule has 1 aromatic rings. The van der Waals surface area contributed by atoms with Crippen molar-refractivity contribution >= 4 is 11.7 Å². The molecule has 1 aromatic carbocycles. The van der Waals surface area contributed by atoms with Crippen LogP contribution in [0, 0.1) is 5.92 Å². The van der Waals surface area contributed by atoms with Crippen molar-refractivity contribution < 1.29 is 28.9 Å². The van der Waals surface area contributed by atoms with Gasteiger partial charge in [-0.2, -0.15) is 0 Å². The zero-order chi connectivity index (χ0) is 19.7. The van der Waals surface area contributed by atoms with Crippen molar-refractivity contribution in [2.45, 2.75) is 38.9 Å². The monoisotopic (exact) mass is 379 g/mol. The van der Waals surface area contributed by atoms with Crippen LogP contribution in [0.15, 0.2) is 30.3 Å². The van der Waals surface area contributed by atoms with Crippen molar-refractivity contribution in [3.05, 3.63) is 35.9 Å². The van der Waals surface area contributed by atoms with Crippen LogP contribution in [0.25, 0.3) is 5.70 Å². The minimum Gasteiger partial charge on any atom is -0.497 e. The third-order valence-corrected chi connectivity index (χ3v) is 4.56. The molecule has 1 saturated heterocycles. The van der Waals surface area contributed by atoms with Crippen molar-refractivity contribution in [1.29, 1.82) is 0 Å². The smallest absolute Gasteiger partial charge is 0.364 e. The van der Waals surface area contributed by atoms with Crippen LogP contribution < -0.4 is 10.2 Å². The predicted octanol–water partition coefficient (Wildman–Crippen LogP) is 3.21. The molecule has 0 unspecified atom stereocenters. The van der Waals surface area contributed by atoms with Gasteiger partial charge in [0.05, 0.1) is 32.6 Å². The molecule has 0 aliphatic carbocycles. The quantitative estimate of drug-likeness (QED) is 0.477. The molecule has 0 spiro atoms. The van der Waals surface area contributed by atoms with Gasteiger partial charge in [0.25, 0.3) is 5.79 Å². The van der Waals surface area contributed by atoms with Gasteiger partial charge >= 0.3 is 5.97 Å². The number of methoxy groups -OCH3 is 1. The molecule has 1 aliphatic rings.